The van der Waals surface area contributed by atoms with Crippen LogP contribution in [0.25, 0.3) is 0 Å². The number of carbonyl (C=O) groups is 3. The van der Waals surface area contributed by atoms with E-state index in [1.807, 2.05) is 11.8 Å². The van der Waals surface area contributed by atoms with E-state index < -0.39 is 12.0 Å². The van der Waals surface area contributed by atoms with Crippen LogP contribution in [0.2, 0.25) is 0 Å². The monoisotopic (exact) mass is 360 g/mol. The van der Waals surface area contributed by atoms with E-state index in [1.54, 1.807) is 24.3 Å². The lowest BCUT2D eigenvalue weighted by Crippen LogP contribution is -2.47. The van der Waals surface area contributed by atoms with E-state index in [2.05, 4.69) is 0 Å². The maximum atomic E-state index is 12.7. The first kappa shape index (κ1) is 18.5. The number of imide groups is 1. The standard InChI is InChI=1S/C19H24N2O5/c1-2-3-10-26-19(24)14-4-6-15(7-5-14)21-17(22)13-16(18(21)23)20-8-11-25-12-9-20/h4-7,16H,2-3,8-13H2,1H3. The maximum Gasteiger partial charge on any atom is 0.338 e. The number of ether oxygens (including phenoxy) is 2. The number of hydrogen-bond donors (Lipinski definition) is 0. The van der Waals surface area contributed by atoms with Crippen LogP contribution in [0.3, 0.4) is 0 Å². The molecule has 1 aromatic carbocycles. The molecule has 26 heavy (non-hydrogen) atoms. The van der Waals surface area contributed by atoms with E-state index in [0.717, 1.165) is 12.8 Å². The van der Waals surface area contributed by atoms with Crippen molar-refractivity contribution in [1.29, 1.82) is 0 Å². The van der Waals surface area contributed by atoms with E-state index in [0.29, 0.717) is 44.2 Å². The number of amides is 2. The van der Waals surface area contributed by atoms with Gasteiger partial charge in [-0.1, -0.05) is 13.3 Å². The Morgan fingerprint density at radius 2 is 1.88 bits per heavy atom. The van der Waals surface area contributed by atoms with Gasteiger partial charge in [0.25, 0.3) is 5.91 Å². The molecule has 0 radical (unpaired) electrons. The zero-order valence-electron chi connectivity index (χ0n) is 15.0. The Bertz CT molecular complexity index is 667. The number of anilines is 1. The molecule has 2 amide bonds. The van der Waals surface area contributed by atoms with Crippen LogP contribution in [0.1, 0.15) is 36.5 Å². The third-order valence-electron chi connectivity index (χ3n) is 4.70. The van der Waals surface area contributed by atoms with Crippen molar-refractivity contribution in [2.24, 2.45) is 0 Å². The Morgan fingerprint density at radius 1 is 1.19 bits per heavy atom. The van der Waals surface area contributed by atoms with Crippen molar-refractivity contribution in [3.63, 3.8) is 0 Å². The molecule has 2 saturated heterocycles. The second kappa shape index (κ2) is 8.42. The molecule has 2 aliphatic heterocycles. The maximum absolute atomic E-state index is 12.7. The van der Waals surface area contributed by atoms with Crippen molar-refractivity contribution >= 4 is 23.5 Å². The van der Waals surface area contributed by atoms with Gasteiger partial charge in [0.15, 0.2) is 0 Å². The minimum Gasteiger partial charge on any atom is -0.462 e. The van der Waals surface area contributed by atoms with Crippen LogP contribution in [0.5, 0.6) is 0 Å². The van der Waals surface area contributed by atoms with Crippen molar-refractivity contribution in [1.82, 2.24) is 4.90 Å². The number of benzene rings is 1. The summed E-state index contributed by atoms with van der Waals surface area (Å²) in [6.45, 7) is 4.87. The van der Waals surface area contributed by atoms with Crippen LogP contribution in [-0.2, 0) is 19.1 Å². The second-order valence-corrected chi connectivity index (χ2v) is 6.47. The Balaban J connectivity index is 1.67. The van der Waals surface area contributed by atoms with Crippen LogP contribution < -0.4 is 4.90 Å². The first-order chi connectivity index (χ1) is 12.6. The molecule has 1 unspecified atom stereocenters. The fraction of sp³-hybridized carbons (Fsp3) is 0.526. The second-order valence-electron chi connectivity index (χ2n) is 6.47. The van der Waals surface area contributed by atoms with Gasteiger partial charge in [-0.15, -0.1) is 0 Å². The van der Waals surface area contributed by atoms with Gasteiger partial charge in [0.05, 0.1) is 43.5 Å². The molecule has 3 rings (SSSR count). The lowest BCUT2D eigenvalue weighted by atomic mass is 10.2. The molecular formula is C19H24N2O5. The average Bonchev–Trinajstić information content (AvgIpc) is 2.97. The minimum absolute atomic E-state index is 0.180. The van der Waals surface area contributed by atoms with E-state index >= 15 is 0 Å². The number of hydrogen-bond acceptors (Lipinski definition) is 6. The Kier molecular flexibility index (Phi) is 6.00. The fourth-order valence-corrected chi connectivity index (χ4v) is 3.20. The van der Waals surface area contributed by atoms with Gasteiger partial charge in [-0.25, -0.2) is 9.69 Å². The lowest BCUT2D eigenvalue weighted by molar-refractivity contribution is -0.123. The van der Waals surface area contributed by atoms with Gasteiger partial charge in [0.1, 0.15) is 0 Å². The van der Waals surface area contributed by atoms with Crippen molar-refractivity contribution in [3.8, 4) is 0 Å². The smallest absolute Gasteiger partial charge is 0.338 e. The molecule has 1 atom stereocenters. The summed E-state index contributed by atoms with van der Waals surface area (Å²) in [4.78, 5) is 40.3. The Labute approximate surface area is 152 Å². The fourth-order valence-electron chi connectivity index (χ4n) is 3.20. The normalized spacial score (nSPS) is 21.3. The van der Waals surface area contributed by atoms with Gasteiger partial charge < -0.3 is 9.47 Å². The first-order valence-electron chi connectivity index (χ1n) is 9.07. The highest BCUT2D eigenvalue weighted by molar-refractivity contribution is 6.22. The third-order valence-corrected chi connectivity index (χ3v) is 4.70. The largest absolute Gasteiger partial charge is 0.462 e. The summed E-state index contributed by atoms with van der Waals surface area (Å²) < 4.78 is 10.5. The van der Waals surface area contributed by atoms with Crippen molar-refractivity contribution in [2.45, 2.75) is 32.2 Å². The van der Waals surface area contributed by atoms with Gasteiger partial charge in [-0.2, -0.15) is 0 Å². The molecule has 7 heteroatoms. The number of rotatable bonds is 6. The van der Waals surface area contributed by atoms with E-state index in [-0.39, 0.29) is 18.2 Å². The number of carbonyl (C=O) groups excluding carboxylic acids is 3. The van der Waals surface area contributed by atoms with E-state index in [1.165, 1.54) is 4.90 Å². The quantitative estimate of drug-likeness (QED) is 0.436. The van der Waals surface area contributed by atoms with Crippen LogP contribution >= 0.6 is 0 Å². The summed E-state index contributed by atoms with van der Waals surface area (Å²) in [5, 5.41) is 0. The van der Waals surface area contributed by atoms with Gasteiger partial charge in [0.2, 0.25) is 5.91 Å². The molecule has 0 spiro atoms. The van der Waals surface area contributed by atoms with Gasteiger partial charge >= 0.3 is 5.97 Å². The number of nitrogens with zero attached hydrogens (tertiary/aromatic N) is 2. The van der Waals surface area contributed by atoms with Crippen LogP contribution in [0.4, 0.5) is 5.69 Å². The molecule has 2 heterocycles. The number of morpholine rings is 1. The molecule has 140 valence electrons. The number of unbranched alkanes of at least 4 members (excludes halogenated alkanes) is 1. The van der Waals surface area contributed by atoms with Crippen LogP contribution in [0.15, 0.2) is 24.3 Å². The summed E-state index contributed by atoms with van der Waals surface area (Å²) in [6.07, 6.45) is 1.96. The zero-order valence-corrected chi connectivity index (χ0v) is 15.0. The highest BCUT2D eigenvalue weighted by Crippen LogP contribution is 2.26. The summed E-state index contributed by atoms with van der Waals surface area (Å²) in [7, 11) is 0. The topological polar surface area (TPSA) is 76.2 Å². The SMILES string of the molecule is CCCCOC(=O)c1ccc(N2C(=O)CC(N3CCOCC3)C2=O)cc1. The summed E-state index contributed by atoms with van der Waals surface area (Å²) >= 11 is 0. The Hall–Kier alpha value is -2.25. The average molecular weight is 360 g/mol. The molecule has 0 saturated carbocycles. The van der Waals surface area contributed by atoms with Gasteiger partial charge in [0, 0.05) is 13.1 Å². The molecule has 0 N–H and O–H groups in total. The molecule has 2 aliphatic rings. The highest BCUT2D eigenvalue weighted by atomic mass is 16.5. The first-order valence-corrected chi connectivity index (χ1v) is 9.07. The zero-order chi connectivity index (χ0) is 18.5. The van der Waals surface area contributed by atoms with Crippen molar-refractivity contribution in [2.75, 3.05) is 37.8 Å². The van der Waals surface area contributed by atoms with Gasteiger partial charge in [-0.05, 0) is 30.7 Å². The van der Waals surface area contributed by atoms with Gasteiger partial charge in [-0.3, -0.25) is 14.5 Å². The predicted molar refractivity (Wildman–Crippen MR) is 94.9 cm³/mol. The third kappa shape index (κ3) is 3.94. The lowest BCUT2D eigenvalue weighted by Gasteiger charge is -2.30. The summed E-state index contributed by atoms with van der Waals surface area (Å²) in [6, 6.07) is 5.99. The van der Waals surface area contributed by atoms with E-state index in [9.17, 15) is 14.4 Å². The Morgan fingerprint density at radius 3 is 2.54 bits per heavy atom. The summed E-state index contributed by atoms with van der Waals surface area (Å²) in [5.41, 5.74) is 0.898. The molecular weight excluding hydrogens is 336 g/mol. The molecule has 0 bridgehead atoms. The minimum atomic E-state index is -0.426. The molecule has 0 aliphatic carbocycles. The van der Waals surface area contributed by atoms with Crippen LogP contribution in [-0.4, -0.2) is 61.6 Å². The van der Waals surface area contributed by atoms with E-state index in [4.69, 9.17) is 9.47 Å². The van der Waals surface area contributed by atoms with Crippen LogP contribution in [0, 0.1) is 0 Å². The molecule has 7 nitrogen and oxygen atoms in total. The molecule has 0 aromatic heterocycles. The van der Waals surface area contributed by atoms with Crippen molar-refractivity contribution in [3.05, 3.63) is 29.8 Å². The predicted octanol–water partition coefficient (Wildman–Crippen LogP) is 1.61. The van der Waals surface area contributed by atoms with Crippen molar-refractivity contribution < 1.29 is 23.9 Å². The highest BCUT2D eigenvalue weighted by Gasteiger charge is 2.42. The molecule has 2 fully saturated rings. The number of esters is 1. The summed E-state index contributed by atoms with van der Waals surface area (Å²) in [5.74, 6) is -0.824. The molecule has 1 aromatic rings.